The van der Waals surface area contributed by atoms with Gasteiger partial charge >= 0.3 is 0 Å². The quantitative estimate of drug-likeness (QED) is 0.629. The van der Waals surface area contributed by atoms with E-state index in [-0.39, 0.29) is 17.9 Å². The van der Waals surface area contributed by atoms with E-state index in [0.29, 0.717) is 0 Å². The van der Waals surface area contributed by atoms with Crippen molar-refractivity contribution < 1.29 is 4.79 Å². The molecule has 3 heterocycles. The lowest BCUT2D eigenvalue weighted by molar-refractivity contribution is 0.0749. The van der Waals surface area contributed by atoms with Crippen LogP contribution in [-0.4, -0.2) is 38.3 Å². The molecule has 1 aliphatic heterocycles. The number of nitrogens with zero attached hydrogens (tertiary/aromatic N) is 4. The third-order valence-corrected chi connectivity index (χ3v) is 6.03. The maximum Gasteiger partial charge on any atom is 0.254 e. The fraction of sp³-hybridized carbons (Fsp3) is 0.417. The molecule has 1 aromatic carbocycles. The van der Waals surface area contributed by atoms with E-state index in [1.807, 2.05) is 29.4 Å². The van der Waals surface area contributed by atoms with E-state index < -0.39 is 0 Å². The van der Waals surface area contributed by atoms with Gasteiger partial charge in [0.1, 0.15) is 5.82 Å². The van der Waals surface area contributed by atoms with Gasteiger partial charge in [-0.3, -0.25) is 4.79 Å². The topological polar surface area (TPSA) is 59.0 Å². The van der Waals surface area contributed by atoms with Crippen LogP contribution in [0.5, 0.6) is 0 Å². The SMILES string of the molecule is Cc1ccc2c(C(=O)N3CCCC3C)cc(-c3cnc(C(C)C)nc3)nc2c1C. The van der Waals surface area contributed by atoms with Crippen LogP contribution in [0.25, 0.3) is 22.2 Å². The fourth-order valence-corrected chi connectivity index (χ4v) is 4.01. The molecule has 1 aliphatic rings. The van der Waals surface area contributed by atoms with Crippen LogP contribution in [0.2, 0.25) is 0 Å². The Balaban J connectivity index is 1.89. The highest BCUT2D eigenvalue weighted by Crippen LogP contribution is 2.30. The number of aryl methyl sites for hydroxylation is 2. The molecule has 0 radical (unpaired) electrons. The van der Waals surface area contributed by atoms with Crippen LogP contribution in [0.3, 0.4) is 0 Å². The zero-order valence-corrected chi connectivity index (χ0v) is 17.9. The maximum atomic E-state index is 13.5. The molecule has 2 aromatic heterocycles. The van der Waals surface area contributed by atoms with Crippen molar-refractivity contribution >= 4 is 16.8 Å². The number of carbonyl (C=O) groups excluding carboxylic acids is 1. The van der Waals surface area contributed by atoms with Crippen molar-refractivity contribution in [2.45, 2.75) is 59.4 Å². The second kappa shape index (κ2) is 7.54. The second-order valence-corrected chi connectivity index (χ2v) is 8.43. The molecule has 0 bridgehead atoms. The number of benzene rings is 1. The molecule has 0 saturated carbocycles. The molecular formula is C24H28N4O. The van der Waals surface area contributed by atoms with Crippen LogP contribution in [0.1, 0.15) is 66.8 Å². The summed E-state index contributed by atoms with van der Waals surface area (Å²) in [5.41, 5.74) is 5.45. The van der Waals surface area contributed by atoms with Crippen molar-refractivity contribution in [2.75, 3.05) is 6.54 Å². The fourth-order valence-electron chi connectivity index (χ4n) is 4.01. The van der Waals surface area contributed by atoms with Crippen molar-refractivity contribution in [3.05, 3.63) is 53.1 Å². The largest absolute Gasteiger partial charge is 0.336 e. The van der Waals surface area contributed by atoms with Gasteiger partial charge in [0.15, 0.2) is 0 Å². The standard InChI is InChI=1S/C24H28N4O/c1-14(2)23-25-12-18(13-26-23)21-11-20(24(29)28-10-6-7-16(28)4)19-9-8-15(3)17(5)22(19)27-21/h8-9,11-14,16H,6-7,10H2,1-5H3. The number of likely N-dealkylation sites (tertiary alicyclic amines) is 1. The summed E-state index contributed by atoms with van der Waals surface area (Å²) >= 11 is 0. The summed E-state index contributed by atoms with van der Waals surface area (Å²) in [7, 11) is 0. The molecule has 0 N–H and O–H groups in total. The van der Waals surface area contributed by atoms with Crippen molar-refractivity contribution in [1.82, 2.24) is 19.9 Å². The Labute approximate surface area is 172 Å². The first kappa shape index (κ1) is 19.5. The highest BCUT2D eigenvalue weighted by molar-refractivity contribution is 6.08. The lowest BCUT2D eigenvalue weighted by atomic mass is 9.99. The summed E-state index contributed by atoms with van der Waals surface area (Å²) in [6.07, 6.45) is 5.75. The second-order valence-electron chi connectivity index (χ2n) is 8.43. The van der Waals surface area contributed by atoms with Crippen molar-refractivity contribution in [2.24, 2.45) is 0 Å². The minimum atomic E-state index is 0.0895. The van der Waals surface area contributed by atoms with Crippen LogP contribution >= 0.6 is 0 Å². The molecule has 150 valence electrons. The molecular weight excluding hydrogens is 360 g/mol. The molecule has 0 spiro atoms. The van der Waals surface area contributed by atoms with Gasteiger partial charge in [-0.2, -0.15) is 0 Å². The van der Waals surface area contributed by atoms with Crippen molar-refractivity contribution in [3.8, 4) is 11.3 Å². The number of carbonyl (C=O) groups is 1. The molecule has 1 saturated heterocycles. The number of fused-ring (bicyclic) bond motifs is 1. The Kier molecular flexibility index (Phi) is 5.07. The average Bonchev–Trinajstić information content (AvgIpc) is 3.15. The van der Waals surface area contributed by atoms with Gasteiger partial charge in [-0.05, 0) is 50.8 Å². The van der Waals surface area contributed by atoms with E-state index in [9.17, 15) is 4.79 Å². The molecule has 3 aromatic rings. The lowest BCUT2D eigenvalue weighted by Crippen LogP contribution is -2.33. The predicted molar refractivity (Wildman–Crippen MR) is 116 cm³/mol. The van der Waals surface area contributed by atoms with Crippen LogP contribution < -0.4 is 0 Å². The summed E-state index contributed by atoms with van der Waals surface area (Å²) < 4.78 is 0. The zero-order valence-electron chi connectivity index (χ0n) is 17.9. The smallest absolute Gasteiger partial charge is 0.254 e. The minimum absolute atomic E-state index is 0.0895. The Morgan fingerprint density at radius 3 is 2.52 bits per heavy atom. The van der Waals surface area contributed by atoms with Gasteiger partial charge in [0.05, 0.1) is 16.8 Å². The molecule has 1 unspecified atom stereocenters. The highest BCUT2D eigenvalue weighted by atomic mass is 16.2. The van der Waals surface area contributed by atoms with Gasteiger partial charge in [-0.25, -0.2) is 15.0 Å². The van der Waals surface area contributed by atoms with Crippen molar-refractivity contribution in [3.63, 3.8) is 0 Å². The van der Waals surface area contributed by atoms with Gasteiger partial charge < -0.3 is 4.90 Å². The van der Waals surface area contributed by atoms with Crippen LogP contribution in [0.4, 0.5) is 0 Å². The normalized spacial score (nSPS) is 16.8. The number of pyridine rings is 1. The lowest BCUT2D eigenvalue weighted by Gasteiger charge is -2.23. The molecule has 5 heteroatoms. The maximum absolute atomic E-state index is 13.5. The molecule has 5 nitrogen and oxygen atoms in total. The Hall–Kier alpha value is -2.82. The molecule has 29 heavy (non-hydrogen) atoms. The number of rotatable bonds is 3. The highest BCUT2D eigenvalue weighted by Gasteiger charge is 2.28. The first-order valence-electron chi connectivity index (χ1n) is 10.4. The number of hydrogen-bond acceptors (Lipinski definition) is 4. The number of aromatic nitrogens is 3. The van der Waals surface area contributed by atoms with Crippen molar-refractivity contribution in [1.29, 1.82) is 0 Å². The van der Waals surface area contributed by atoms with Crippen LogP contribution in [-0.2, 0) is 0 Å². The first-order valence-corrected chi connectivity index (χ1v) is 10.4. The summed E-state index contributed by atoms with van der Waals surface area (Å²) in [5.74, 6) is 1.17. The van der Waals surface area contributed by atoms with E-state index in [4.69, 9.17) is 4.98 Å². The van der Waals surface area contributed by atoms with Crippen LogP contribution in [0.15, 0.2) is 30.6 Å². The number of amides is 1. The van der Waals surface area contributed by atoms with Gasteiger partial charge in [0, 0.05) is 41.8 Å². The van der Waals surface area contributed by atoms with E-state index in [0.717, 1.165) is 58.5 Å². The van der Waals surface area contributed by atoms with Gasteiger partial charge in [-0.15, -0.1) is 0 Å². The summed E-state index contributed by atoms with van der Waals surface area (Å²) in [6.45, 7) is 11.2. The van der Waals surface area contributed by atoms with E-state index >= 15 is 0 Å². The molecule has 1 amide bonds. The monoisotopic (exact) mass is 388 g/mol. The third kappa shape index (κ3) is 3.50. The Morgan fingerprint density at radius 2 is 1.90 bits per heavy atom. The summed E-state index contributed by atoms with van der Waals surface area (Å²) in [5, 5.41) is 0.917. The van der Waals surface area contributed by atoms with E-state index in [1.165, 1.54) is 5.56 Å². The average molecular weight is 389 g/mol. The number of hydrogen-bond donors (Lipinski definition) is 0. The summed E-state index contributed by atoms with van der Waals surface area (Å²) in [6, 6.07) is 6.29. The molecule has 1 fully saturated rings. The van der Waals surface area contributed by atoms with Gasteiger partial charge in [-0.1, -0.05) is 26.0 Å². The predicted octanol–water partition coefficient (Wildman–Crippen LogP) is 5.06. The molecule has 0 aliphatic carbocycles. The minimum Gasteiger partial charge on any atom is -0.336 e. The summed E-state index contributed by atoms with van der Waals surface area (Å²) in [4.78, 5) is 29.4. The van der Waals surface area contributed by atoms with E-state index in [2.05, 4.69) is 50.7 Å². The molecule has 1 atom stereocenters. The van der Waals surface area contributed by atoms with Gasteiger partial charge in [0.25, 0.3) is 5.91 Å². The van der Waals surface area contributed by atoms with Crippen LogP contribution in [0, 0.1) is 13.8 Å². The zero-order chi connectivity index (χ0) is 20.7. The van der Waals surface area contributed by atoms with E-state index in [1.54, 1.807) is 0 Å². The molecule has 4 rings (SSSR count). The Morgan fingerprint density at radius 1 is 1.17 bits per heavy atom. The Bertz CT molecular complexity index is 1070. The van der Waals surface area contributed by atoms with Gasteiger partial charge in [0.2, 0.25) is 0 Å². The third-order valence-electron chi connectivity index (χ3n) is 6.03. The first-order chi connectivity index (χ1) is 13.9.